The van der Waals surface area contributed by atoms with Crippen LogP contribution in [0.5, 0.6) is 0 Å². The van der Waals surface area contributed by atoms with E-state index >= 15 is 0 Å². The van der Waals surface area contributed by atoms with Crippen molar-refractivity contribution in [2.24, 2.45) is 27.3 Å². The summed E-state index contributed by atoms with van der Waals surface area (Å²) in [5, 5.41) is 5.22. The molecule has 608 valence electrons. The predicted octanol–water partition coefficient (Wildman–Crippen LogP) is 13.4. The number of hydrogen-bond donors (Lipinski definition) is 1. The van der Waals surface area contributed by atoms with Crippen molar-refractivity contribution in [2.75, 3.05) is 79.1 Å². The number of imide groups is 1. The van der Waals surface area contributed by atoms with E-state index in [4.69, 9.17) is 47.9 Å². The third-order valence-corrected chi connectivity index (χ3v) is 23.4. The zero-order chi connectivity index (χ0) is 82.1. The Bertz CT molecular complexity index is 6250. The number of amidine groups is 1. The number of piperidine rings is 3. The van der Waals surface area contributed by atoms with Gasteiger partial charge in [0.25, 0.3) is 11.8 Å². The van der Waals surface area contributed by atoms with E-state index in [1.54, 1.807) is 77.3 Å². The Hall–Kier alpha value is -13.3. The average Bonchev–Trinajstić information content (AvgIpc) is 1.07. The molecule has 14 heterocycles. The van der Waals surface area contributed by atoms with Crippen molar-refractivity contribution < 1.29 is 74.3 Å². The molecule has 6 aromatic heterocycles. The highest BCUT2D eigenvalue weighted by Crippen LogP contribution is 2.49. The van der Waals surface area contributed by atoms with Crippen LogP contribution >= 0.6 is 0 Å². The van der Waals surface area contributed by atoms with Gasteiger partial charge >= 0.3 is 0 Å². The number of nitrogens with two attached hydrogens (primary N) is 1. The molecule has 120 heavy (non-hydrogen) atoms. The molecule has 0 saturated carbocycles. The van der Waals surface area contributed by atoms with E-state index in [0.29, 0.717) is 122 Å². The molecule has 0 bridgehead atoms. The largest absolute Gasteiger partial charge is 0.441 e. The number of oxime groups is 1. The summed E-state index contributed by atoms with van der Waals surface area (Å²) in [5.74, 6) is 3.68. The van der Waals surface area contributed by atoms with Crippen LogP contribution in [0, 0.1) is 54.5 Å². The normalized spacial score (nSPS) is 19.8. The van der Waals surface area contributed by atoms with Gasteiger partial charge in [-0.1, -0.05) is 71.9 Å². The standard InChI is InChI=1S/C35H28FN5O6.C27H26FN5O4.C27H24FN5O3/c1-21-14-39(19-37-21)28-11-8-23(30-31(28)46-20-38-30)12-24-13-35(17-45-18-35)16-40(32(24)42)29(22-6-9-25(36)10-7-22)15-47-41-33(43)26-4-2-3-5-27(26)34(41)44;1-17-10-32(15-30-17)22-7-4-19(24-25(22)36-16-31-24)8-20-9-27(13-35-14-27)12-33(26(20)34)23(11-37-29)18-2-5-21(28)6-3-18;1-17-10-32(15-29-17)22-7-4-19(24-25(22)35-16-30-24)8-20-9-27(13-34-14-27)12-33-23(11-36-31-26(20)33)18-2-5-21(28)6-3-18/h2-12,14,19-20,29H,13,15-18H2,1H3;2-8,10,15-16,23H,9,11-14,29H2,1H3;2-8,10,15-16,23H,9,11-14H2,1H3/b24-12+;2*20-8+. The van der Waals surface area contributed by atoms with Gasteiger partial charge in [-0.05, 0) is 147 Å². The molecule has 8 aliphatic heterocycles. The molecule has 3 unspecified atom stereocenters. The number of aryl methyl sites for hydroxylation is 3. The number of fused-ring (bicyclic) bond motifs is 5. The maximum atomic E-state index is 14.4. The molecule has 0 radical (unpaired) electrons. The number of ether oxygens (including phenoxy) is 3. The molecule has 28 nitrogen and oxygen atoms in total. The Balaban J connectivity index is 0.000000120. The van der Waals surface area contributed by atoms with Crippen LogP contribution in [0.15, 0.2) is 225 Å². The average molecular weight is 1620 g/mol. The number of nitrogens with zero attached hydrogens (tertiary/aromatic N) is 14. The van der Waals surface area contributed by atoms with Gasteiger partial charge in [-0.3, -0.25) is 24.0 Å². The molecular weight excluding hydrogens is 1540 g/mol. The molecule has 31 heteroatoms. The number of carbonyl (C=O) groups is 4. The van der Waals surface area contributed by atoms with E-state index in [9.17, 15) is 32.3 Å². The Morgan fingerprint density at radius 3 is 1.26 bits per heavy atom. The fourth-order valence-electron chi connectivity index (χ4n) is 17.3. The van der Waals surface area contributed by atoms with E-state index in [1.807, 2.05) is 114 Å². The van der Waals surface area contributed by atoms with Crippen LogP contribution in [0.4, 0.5) is 13.2 Å². The van der Waals surface area contributed by atoms with Crippen LogP contribution in [-0.2, 0) is 38.3 Å². The van der Waals surface area contributed by atoms with Crippen LogP contribution in [0.1, 0.15) is 109 Å². The summed E-state index contributed by atoms with van der Waals surface area (Å²) in [6.07, 6.45) is 22.9. The van der Waals surface area contributed by atoms with Gasteiger partial charge in [-0.15, -0.1) is 5.06 Å². The van der Waals surface area contributed by atoms with Crippen molar-refractivity contribution in [3.05, 3.63) is 286 Å². The Morgan fingerprint density at radius 2 is 0.867 bits per heavy atom. The van der Waals surface area contributed by atoms with Gasteiger partial charge in [0.15, 0.2) is 41.8 Å². The van der Waals surface area contributed by atoms with Crippen LogP contribution in [0.2, 0.25) is 0 Å². The maximum absolute atomic E-state index is 14.4. The highest BCUT2D eigenvalue weighted by Gasteiger charge is 2.52. The molecule has 6 fully saturated rings. The molecule has 0 aliphatic carbocycles. The van der Waals surface area contributed by atoms with Gasteiger partial charge in [0.05, 0.1) is 129 Å². The molecule has 13 aromatic rings. The number of imidazole rings is 3. The smallest absolute Gasteiger partial charge is 0.285 e. The van der Waals surface area contributed by atoms with E-state index in [2.05, 4.69) is 46.0 Å². The lowest BCUT2D eigenvalue weighted by Crippen LogP contribution is -2.58. The highest BCUT2D eigenvalue weighted by atomic mass is 19.1. The number of amides is 4. The minimum absolute atomic E-state index is 0.0116. The third kappa shape index (κ3) is 14.4. The number of oxazole rings is 3. The van der Waals surface area contributed by atoms with E-state index in [-0.39, 0.29) is 70.1 Å². The van der Waals surface area contributed by atoms with Crippen LogP contribution < -0.4 is 5.90 Å². The van der Waals surface area contributed by atoms with E-state index < -0.39 is 29.7 Å². The molecule has 2 N–H and O–H groups in total. The predicted molar refractivity (Wildman–Crippen MR) is 429 cm³/mol. The lowest BCUT2D eigenvalue weighted by atomic mass is 9.74. The number of aromatic nitrogens is 9. The van der Waals surface area contributed by atoms with Crippen LogP contribution in [-0.4, -0.2) is 172 Å². The third-order valence-electron chi connectivity index (χ3n) is 23.4. The zero-order valence-electron chi connectivity index (χ0n) is 65.2. The Kier molecular flexibility index (Phi) is 19.9. The molecule has 8 aliphatic rings. The van der Waals surface area contributed by atoms with Crippen molar-refractivity contribution in [3.63, 3.8) is 0 Å². The number of rotatable bonds is 16. The number of halogens is 3. The Labute approximate surface area is 683 Å². The summed E-state index contributed by atoms with van der Waals surface area (Å²) in [4.78, 5) is 103. The minimum atomic E-state index is -0.757. The topological polar surface area (TPSA) is 307 Å². The van der Waals surface area contributed by atoms with Crippen molar-refractivity contribution in [3.8, 4) is 17.1 Å². The van der Waals surface area contributed by atoms with E-state index in [0.717, 1.165) is 91.4 Å². The van der Waals surface area contributed by atoms with Crippen molar-refractivity contribution in [1.82, 2.24) is 63.4 Å². The summed E-state index contributed by atoms with van der Waals surface area (Å²) in [7, 11) is 0. The molecule has 3 atom stereocenters. The molecule has 4 amide bonds. The van der Waals surface area contributed by atoms with E-state index in [1.165, 1.54) is 55.6 Å². The first-order valence-electron chi connectivity index (χ1n) is 39.1. The lowest BCUT2D eigenvalue weighted by Gasteiger charge is -2.52. The summed E-state index contributed by atoms with van der Waals surface area (Å²) < 4.78 is 81.1. The molecule has 6 saturated heterocycles. The minimum Gasteiger partial charge on any atom is -0.441 e. The second kappa shape index (κ2) is 31.2. The summed E-state index contributed by atoms with van der Waals surface area (Å²) >= 11 is 0. The first-order chi connectivity index (χ1) is 58.3. The van der Waals surface area contributed by atoms with Gasteiger partial charge < -0.3 is 65.5 Å². The van der Waals surface area contributed by atoms with Crippen LogP contribution in [0.25, 0.3) is 68.6 Å². The lowest BCUT2D eigenvalue weighted by molar-refractivity contribution is -0.167. The van der Waals surface area contributed by atoms with Gasteiger partial charge in [0, 0.05) is 82.3 Å². The highest BCUT2D eigenvalue weighted by molar-refractivity contribution is 6.20. The fourth-order valence-corrected chi connectivity index (χ4v) is 17.3. The van der Waals surface area contributed by atoms with Crippen molar-refractivity contribution in [2.45, 2.75) is 58.2 Å². The fraction of sp³-hybridized carbons (Fsp3) is 0.270. The van der Waals surface area contributed by atoms with Crippen LogP contribution in [0.3, 0.4) is 0 Å². The molecule has 21 rings (SSSR count). The number of likely N-dealkylation sites (tertiary alicyclic amines) is 2. The second-order valence-corrected chi connectivity index (χ2v) is 31.9. The van der Waals surface area contributed by atoms with Gasteiger partial charge in [-0.25, -0.2) is 49.0 Å². The summed E-state index contributed by atoms with van der Waals surface area (Å²) in [5.41, 5.74) is 15.9. The van der Waals surface area contributed by atoms with Gasteiger partial charge in [0.2, 0.25) is 11.8 Å². The molecular formula is C89H78F3N15O13. The Morgan fingerprint density at radius 1 is 0.475 bits per heavy atom. The molecule has 3 spiro atoms. The second-order valence-electron chi connectivity index (χ2n) is 31.9. The first kappa shape index (κ1) is 76.7. The molecule has 7 aromatic carbocycles. The number of hydroxylamine groups is 2. The SMILES string of the molecule is Cc1cn(-c2ccc(/C=C3\CC4(COC4)CN(C(CON)c4ccc(F)cc4)C3=O)c3ncoc23)cn1.Cc1cn(-c2ccc(/C=C3\CC4(COC4)CN(C(CON4C(=O)c5ccccc5C4=O)c4ccc(F)cc4)C3=O)c3ncoc23)cn1.Cc1cn(-c2ccc(/C=C3\CC4(COC4)CN4C3=NOCC4c3ccc(F)cc3)c3ncoc23)cn1. The van der Waals surface area contributed by atoms with Gasteiger partial charge in [-0.2, -0.15) is 0 Å². The maximum Gasteiger partial charge on any atom is 0.285 e. The number of hydrogen-bond acceptors (Lipinski definition) is 22. The number of carbonyl (C=O) groups excluding carboxylic acids is 4. The summed E-state index contributed by atoms with van der Waals surface area (Å²) in [6, 6.07) is 35.4. The van der Waals surface area contributed by atoms with Gasteiger partial charge in [0.1, 0.15) is 47.2 Å². The number of benzene rings is 7. The van der Waals surface area contributed by atoms with Crippen molar-refractivity contribution in [1.29, 1.82) is 0 Å². The van der Waals surface area contributed by atoms with Crippen molar-refractivity contribution >= 4 is 81.0 Å². The first-order valence-corrected chi connectivity index (χ1v) is 39.1. The zero-order valence-corrected chi connectivity index (χ0v) is 65.2. The summed E-state index contributed by atoms with van der Waals surface area (Å²) in [6.45, 7) is 11.1. The quantitative estimate of drug-likeness (QED) is 0.0534. The monoisotopic (exact) mass is 1620 g/mol.